The molecule has 2 atom stereocenters. The van der Waals surface area contributed by atoms with Crippen molar-refractivity contribution in [1.29, 1.82) is 0 Å². The van der Waals surface area contributed by atoms with Gasteiger partial charge >= 0.3 is 0 Å². The summed E-state index contributed by atoms with van der Waals surface area (Å²) in [6, 6.07) is 0.779. The number of nitrogens with one attached hydrogen (secondary N) is 1. The third kappa shape index (κ3) is 4.98. The second-order valence-electron chi connectivity index (χ2n) is 6.40. The second kappa shape index (κ2) is 5.31. The lowest BCUT2D eigenvalue weighted by atomic mass is 9.92. The van der Waals surface area contributed by atoms with E-state index in [0.717, 1.165) is 25.0 Å². The van der Waals surface area contributed by atoms with Crippen LogP contribution in [0.3, 0.4) is 0 Å². The van der Waals surface area contributed by atoms with Crippen LogP contribution in [-0.2, 0) is 0 Å². The first kappa shape index (κ1) is 13.0. The van der Waals surface area contributed by atoms with Crippen LogP contribution < -0.4 is 5.32 Å². The zero-order chi connectivity index (χ0) is 11.5. The van der Waals surface area contributed by atoms with E-state index in [9.17, 15) is 0 Å². The Kier molecular flexibility index (Phi) is 4.60. The highest BCUT2D eigenvalue weighted by molar-refractivity contribution is 4.82. The molecule has 2 heteroatoms. The van der Waals surface area contributed by atoms with Crippen LogP contribution >= 0.6 is 0 Å². The minimum Gasteiger partial charge on any atom is -0.313 e. The molecule has 0 bridgehead atoms. The Morgan fingerprint density at radius 3 is 2.40 bits per heavy atom. The largest absolute Gasteiger partial charge is 0.313 e. The number of hydrogen-bond acceptors (Lipinski definition) is 2. The van der Waals surface area contributed by atoms with Crippen LogP contribution in [-0.4, -0.2) is 38.1 Å². The molecule has 1 N–H and O–H groups in total. The van der Waals surface area contributed by atoms with Crippen molar-refractivity contribution in [1.82, 2.24) is 10.2 Å². The van der Waals surface area contributed by atoms with Crippen molar-refractivity contribution in [3.8, 4) is 0 Å². The molecule has 1 saturated carbocycles. The van der Waals surface area contributed by atoms with Gasteiger partial charge in [-0.2, -0.15) is 0 Å². The zero-order valence-electron chi connectivity index (χ0n) is 11.1. The van der Waals surface area contributed by atoms with Gasteiger partial charge < -0.3 is 10.2 Å². The van der Waals surface area contributed by atoms with Gasteiger partial charge in [0, 0.05) is 19.1 Å². The lowest BCUT2D eigenvalue weighted by molar-refractivity contribution is 0.225. The second-order valence-corrected chi connectivity index (χ2v) is 6.40. The Hall–Kier alpha value is -0.0800. The van der Waals surface area contributed by atoms with E-state index in [0.29, 0.717) is 5.41 Å². The monoisotopic (exact) mass is 212 g/mol. The molecule has 0 spiro atoms. The van der Waals surface area contributed by atoms with Crippen molar-refractivity contribution in [2.75, 3.05) is 27.2 Å². The zero-order valence-corrected chi connectivity index (χ0v) is 11.1. The van der Waals surface area contributed by atoms with Crippen molar-refractivity contribution >= 4 is 0 Å². The average Bonchev–Trinajstić information content (AvgIpc) is 2.46. The molecule has 0 aromatic rings. The molecule has 0 heterocycles. The van der Waals surface area contributed by atoms with E-state index >= 15 is 0 Å². The molecular formula is C13H28N2. The average molecular weight is 212 g/mol. The van der Waals surface area contributed by atoms with E-state index in [1.54, 1.807) is 0 Å². The van der Waals surface area contributed by atoms with Gasteiger partial charge in [-0.3, -0.25) is 0 Å². The standard InChI is InChI=1S/C13H28N2/c1-11-6-7-12(8-11)14-9-13(2,3)10-15(4)5/h11-12,14H,6-10H2,1-5H3/t11-,12+/m0/s1. The quantitative estimate of drug-likeness (QED) is 0.752. The Morgan fingerprint density at radius 1 is 1.27 bits per heavy atom. The Balaban J connectivity index is 2.23. The molecule has 0 amide bonds. The summed E-state index contributed by atoms with van der Waals surface area (Å²) in [6.07, 6.45) is 4.16. The maximum Gasteiger partial charge on any atom is 0.00699 e. The summed E-state index contributed by atoms with van der Waals surface area (Å²) < 4.78 is 0. The lowest BCUT2D eigenvalue weighted by Gasteiger charge is -2.30. The number of rotatable bonds is 5. The van der Waals surface area contributed by atoms with Gasteiger partial charge in [0.2, 0.25) is 0 Å². The van der Waals surface area contributed by atoms with Crippen LogP contribution in [0.5, 0.6) is 0 Å². The van der Waals surface area contributed by atoms with E-state index in [1.807, 2.05) is 0 Å². The minimum atomic E-state index is 0.384. The van der Waals surface area contributed by atoms with Crippen LogP contribution in [0.15, 0.2) is 0 Å². The van der Waals surface area contributed by atoms with Crippen molar-refractivity contribution in [2.24, 2.45) is 11.3 Å². The van der Waals surface area contributed by atoms with Gasteiger partial charge in [0.15, 0.2) is 0 Å². The van der Waals surface area contributed by atoms with Gasteiger partial charge in [0.25, 0.3) is 0 Å². The summed E-state index contributed by atoms with van der Waals surface area (Å²) in [4.78, 5) is 2.28. The van der Waals surface area contributed by atoms with E-state index < -0.39 is 0 Å². The first-order valence-corrected chi connectivity index (χ1v) is 6.27. The third-order valence-electron chi connectivity index (χ3n) is 3.31. The van der Waals surface area contributed by atoms with Gasteiger partial charge in [-0.05, 0) is 44.7 Å². The predicted octanol–water partition coefficient (Wildman–Crippen LogP) is 2.35. The van der Waals surface area contributed by atoms with Gasteiger partial charge in [0.05, 0.1) is 0 Å². The van der Waals surface area contributed by atoms with Crippen molar-refractivity contribution < 1.29 is 0 Å². The summed E-state index contributed by atoms with van der Waals surface area (Å²) >= 11 is 0. The smallest absolute Gasteiger partial charge is 0.00699 e. The lowest BCUT2D eigenvalue weighted by Crippen LogP contribution is -2.41. The van der Waals surface area contributed by atoms with Gasteiger partial charge in [-0.1, -0.05) is 20.8 Å². The summed E-state index contributed by atoms with van der Waals surface area (Å²) in [6.45, 7) is 9.36. The fourth-order valence-corrected chi connectivity index (χ4v) is 2.73. The molecule has 1 rings (SSSR count). The SMILES string of the molecule is C[C@H]1CC[C@@H](NCC(C)(C)CN(C)C)C1. The minimum absolute atomic E-state index is 0.384. The van der Waals surface area contributed by atoms with E-state index in [-0.39, 0.29) is 0 Å². The molecule has 1 aliphatic carbocycles. The summed E-state index contributed by atoms with van der Waals surface area (Å²) in [5.74, 6) is 0.930. The Labute approximate surface area is 95.4 Å². The van der Waals surface area contributed by atoms with Crippen LogP contribution in [0.2, 0.25) is 0 Å². The van der Waals surface area contributed by atoms with Gasteiger partial charge in [-0.25, -0.2) is 0 Å². The molecule has 0 aliphatic heterocycles. The molecule has 0 unspecified atom stereocenters. The van der Waals surface area contributed by atoms with E-state index in [2.05, 4.69) is 45.1 Å². The molecule has 1 aliphatic rings. The topological polar surface area (TPSA) is 15.3 Å². The maximum atomic E-state index is 3.73. The van der Waals surface area contributed by atoms with E-state index in [1.165, 1.54) is 19.3 Å². The fraction of sp³-hybridized carbons (Fsp3) is 1.00. The predicted molar refractivity (Wildman–Crippen MR) is 67.1 cm³/mol. The fourth-order valence-electron chi connectivity index (χ4n) is 2.73. The first-order valence-electron chi connectivity index (χ1n) is 6.27. The molecule has 2 nitrogen and oxygen atoms in total. The molecule has 0 radical (unpaired) electrons. The summed E-state index contributed by atoms with van der Waals surface area (Å²) in [7, 11) is 4.30. The molecule has 0 aromatic heterocycles. The Morgan fingerprint density at radius 2 is 1.93 bits per heavy atom. The van der Waals surface area contributed by atoms with Crippen molar-refractivity contribution in [3.63, 3.8) is 0 Å². The maximum absolute atomic E-state index is 3.73. The third-order valence-corrected chi connectivity index (χ3v) is 3.31. The number of hydrogen-bond donors (Lipinski definition) is 1. The molecule has 0 saturated heterocycles. The summed E-state index contributed by atoms with van der Waals surface area (Å²) in [5, 5.41) is 3.73. The van der Waals surface area contributed by atoms with Gasteiger partial charge in [-0.15, -0.1) is 0 Å². The molecule has 0 aromatic carbocycles. The van der Waals surface area contributed by atoms with Crippen LogP contribution in [0.25, 0.3) is 0 Å². The van der Waals surface area contributed by atoms with Crippen LogP contribution in [0.1, 0.15) is 40.0 Å². The van der Waals surface area contributed by atoms with E-state index in [4.69, 9.17) is 0 Å². The normalized spacial score (nSPS) is 27.6. The number of nitrogens with zero attached hydrogens (tertiary/aromatic N) is 1. The molecule has 90 valence electrons. The molecule has 15 heavy (non-hydrogen) atoms. The highest BCUT2D eigenvalue weighted by Gasteiger charge is 2.24. The molecular weight excluding hydrogens is 184 g/mol. The highest BCUT2D eigenvalue weighted by atomic mass is 15.1. The van der Waals surface area contributed by atoms with Crippen molar-refractivity contribution in [2.45, 2.75) is 46.1 Å². The van der Waals surface area contributed by atoms with Crippen LogP contribution in [0.4, 0.5) is 0 Å². The van der Waals surface area contributed by atoms with Crippen LogP contribution in [0, 0.1) is 11.3 Å². The summed E-state index contributed by atoms with van der Waals surface area (Å²) in [5.41, 5.74) is 0.384. The van der Waals surface area contributed by atoms with Gasteiger partial charge in [0.1, 0.15) is 0 Å². The first-order chi connectivity index (χ1) is 6.89. The Bertz CT molecular complexity index is 187. The highest BCUT2D eigenvalue weighted by Crippen LogP contribution is 2.25. The van der Waals surface area contributed by atoms with Crippen molar-refractivity contribution in [3.05, 3.63) is 0 Å². The molecule has 1 fully saturated rings.